The monoisotopic (exact) mass is 434 g/mol. The number of rotatable bonds is 3. The number of piperidine rings is 1. The second-order valence-corrected chi connectivity index (χ2v) is 9.89. The van der Waals surface area contributed by atoms with Crippen molar-refractivity contribution in [3.8, 4) is 0 Å². The Labute approximate surface area is 187 Å². The van der Waals surface area contributed by atoms with E-state index < -0.39 is 5.69 Å². The minimum atomic E-state index is -0.508. The van der Waals surface area contributed by atoms with E-state index in [2.05, 4.69) is 33.9 Å². The lowest BCUT2D eigenvalue weighted by Crippen LogP contribution is -2.62. The molecular weight excluding hydrogens is 404 g/mol. The van der Waals surface area contributed by atoms with E-state index in [1.54, 1.807) is 19.9 Å². The minimum absolute atomic E-state index is 0.0180. The van der Waals surface area contributed by atoms with Gasteiger partial charge < -0.3 is 14.8 Å². The molecule has 1 N–H and O–H groups in total. The van der Waals surface area contributed by atoms with Crippen molar-refractivity contribution in [2.24, 2.45) is 5.41 Å². The van der Waals surface area contributed by atoms with Gasteiger partial charge in [0.2, 0.25) is 5.91 Å². The standard InChI is InChI=1S/C25H30N4O3/c1-15-12-18(27-24(32)26-15)23(31)29-19(13-17-8-5-4-6-9-17)20-14-25(3)21(28(20)16(2)30)10-7-11-22(25)29/h4-6,8-9,12,19-22H,7,10-11,13-14H2,1-3H3,(H,26,27,32)/t19-,20-,21-,22+,25-/m0/s1. The third-order valence-corrected chi connectivity index (χ3v) is 7.94. The van der Waals surface area contributed by atoms with Gasteiger partial charge in [0.05, 0.1) is 12.1 Å². The van der Waals surface area contributed by atoms with Crippen molar-refractivity contribution >= 4 is 11.8 Å². The molecule has 0 unspecified atom stereocenters. The van der Waals surface area contributed by atoms with Crippen molar-refractivity contribution < 1.29 is 9.59 Å². The number of carbonyl (C=O) groups is 2. The van der Waals surface area contributed by atoms with E-state index in [0.717, 1.165) is 31.2 Å². The summed E-state index contributed by atoms with van der Waals surface area (Å²) in [6.07, 6.45) is 4.44. The molecule has 1 saturated carbocycles. The van der Waals surface area contributed by atoms with Gasteiger partial charge in [0, 0.05) is 30.1 Å². The number of nitrogens with zero attached hydrogens (tertiary/aromatic N) is 3. The van der Waals surface area contributed by atoms with E-state index >= 15 is 0 Å². The van der Waals surface area contributed by atoms with Crippen LogP contribution in [0.5, 0.6) is 0 Å². The van der Waals surface area contributed by atoms with Crippen LogP contribution in [-0.2, 0) is 11.2 Å². The smallest absolute Gasteiger partial charge is 0.334 e. The van der Waals surface area contributed by atoms with E-state index in [0.29, 0.717) is 12.1 Å². The van der Waals surface area contributed by atoms with Gasteiger partial charge in [0.1, 0.15) is 5.69 Å². The predicted octanol–water partition coefficient (Wildman–Crippen LogP) is 2.69. The zero-order chi connectivity index (χ0) is 22.6. The number of amides is 2. The lowest BCUT2D eigenvalue weighted by atomic mass is 9.64. The second kappa shape index (κ2) is 7.57. The quantitative estimate of drug-likeness (QED) is 0.805. The van der Waals surface area contributed by atoms with Crippen molar-refractivity contribution in [1.29, 1.82) is 0 Å². The molecule has 0 radical (unpaired) electrons. The highest BCUT2D eigenvalue weighted by Crippen LogP contribution is 2.56. The summed E-state index contributed by atoms with van der Waals surface area (Å²) in [5.41, 5.74) is 1.29. The normalized spacial score (nSPS) is 31.0. The largest absolute Gasteiger partial charge is 0.345 e. The molecule has 0 spiro atoms. The molecule has 3 aliphatic rings. The van der Waals surface area contributed by atoms with Crippen LogP contribution in [0.3, 0.4) is 0 Å². The summed E-state index contributed by atoms with van der Waals surface area (Å²) in [4.78, 5) is 49.5. The summed E-state index contributed by atoms with van der Waals surface area (Å²) in [5, 5.41) is 0. The number of benzene rings is 1. The number of likely N-dealkylation sites (tertiary alicyclic amines) is 2. The van der Waals surface area contributed by atoms with Gasteiger partial charge in [0.25, 0.3) is 5.91 Å². The van der Waals surface area contributed by atoms with Crippen molar-refractivity contribution in [2.75, 3.05) is 0 Å². The first-order chi connectivity index (χ1) is 15.3. The molecule has 1 aromatic carbocycles. The van der Waals surface area contributed by atoms with Gasteiger partial charge in [-0.3, -0.25) is 9.59 Å². The van der Waals surface area contributed by atoms with E-state index in [9.17, 15) is 14.4 Å². The van der Waals surface area contributed by atoms with E-state index in [1.165, 1.54) is 0 Å². The van der Waals surface area contributed by atoms with Crippen LogP contribution in [0.4, 0.5) is 0 Å². The van der Waals surface area contributed by atoms with Gasteiger partial charge in [-0.15, -0.1) is 0 Å². The molecular formula is C25H30N4O3. The lowest BCUT2D eigenvalue weighted by Gasteiger charge is -2.52. The molecule has 2 aromatic rings. The summed E-state index contributed by atoms with van der Waals surface area (Å²) in [6, 6.07) is 11.8. The Hall–Kier alpha value is -2.96. The Kier molecular flexibility index (Phi) is 4.95. The second-order valence-electron chi connectivity index (χ2n) is 9.89. The molecule has 3 heterocycles. The Bertz CT molecular complexity index is 1110. The Balaban J connectivity index is 1.64. The zero-order valence-corrected chi connectivity index (χ0v) is 18.9. The molecule has 5 atom stereocenters. The Morgan fingerprint density at radius 3 is 2.50 bits per heavy atom. The Morgan fingerprint density at radius 1 is 1.16 bits per heavy atom. The molecule has 3 fully saturated rings. The van der Waals surface area contributed by atoms with Crippen LogP contribution in [0, 0.1) is 12.3 Å². The van der Waals surface area contributed by atoms with Crippen LogP contribution in [0.2, 0.25) is 0 Å². The molecule has 2 amide bonds. The van der Waals surface area contributed by atoms with Gasteiger partial charge in [0.15, 0.2) is 0 Å². The topological polar surface area (TPSA) is 86.4 Å². The Morgan fingerprint density at radius 2 is 1.84 bits per heavy atom. The van der Waals surface area contributed by atoms with Crippen LogP contribution in [0.1, 0.15) is 61.3 Å². The van der Waals surface area contributed by atoms with Gasteiger partial charge in [-0.2, -0.15) is 4.98 Å². The molecule has 32 heavy (non-hydrogen) atoms. The van der Waals surface area contributed by atoms with Crippen molar-refractivity contribution in [2.45, 2.75) is 77.0 Å². The van der Waals surface area contributed by atoms with E-state index in [1.807, 2.05) is 23.1 Å². The first-order valence-electron chi connectivity index (χ1n) is 11.5. The van der Waals surface area contributed by atoms with Gasteiger partial charge >= 0.3 is 5.69 Å². The van der Waals surface area contributed by atoms with Crippen molar-refractivity contribution in [1.82, 2.24) is 19.8 Å². The summed E-state index contributed by atoms with van der Waals surface area (Å²) in [6.45, 7) is 5.66. The molecule has 2 saturated heterocycles. The van der Waals surface area contributed by atoms with Crippen LogP contribution in [-0.4, -0.2) is 55.7 Å². The number of H-pyrrole nitrogens is 1. The molecule has 5 rings (SSSR count). The maximum Gasteiger partial charge on any atom is 0.345 e. The SMILES string of the molecule is CC(=O)N1[C@H]2CCC[C@H]3N(C(=O)c4cc(C)[nH]c(=O)n4)[C@@H](Cc4ccccc4)[C@@H]1C[C@@]23C. The maximum atomic E-state index is 13.9. The summed E-state index contributed by atoms with van der Waals surface area (Å²) in [5.74, 6) is -0.117. The molecule has 2 aliphatic heterocycles. The van der Waals surface area contributed by atoms with Gasteiger partial charge in [-0.05, 0) is 50.7 Å². The van der Waals surface area contributed by atoms with Gasteiger partial charge in [-0.1, -0.05) is 37.3 Å². The first kappa shape index (κ1) is 20.9. The fourth-order valence-electron chi connectivity index (χ4n) is 6.75. The van der Waals surface area contributed by atoms with Crippen LogP contribution in [0.15, 0.2) is 41.2 Å². The number of aromatic nitrogens is 2. The highest BCUT2D eigenvalue weighted by molar-refractivity contribution is 5.93. The highest BCUT2D eigenvalue weighted by Gasteiger charge is 2.64. The number of nitrogens with one attached hydrogen (secondary N) is 1. The first-order valence-corrected chi connectivity index (χ1v) is 11.5. The summed E-state index contributed by atoms with van der Waals surface area (Å²) >= 11 is 0. The minimum Gasteiger partial charge on any atom is -0.334 e. The molecule has 7 heteroatoms. The van der Waals surface area contributed by atoms with E-state index in [-0.39, 0.29) is 47.1 Å². The fourth-order valence-corrected chi connectivity index (χ4v) is 6.75. The molecule has 7 nitrogen and oxygen atoms in total. The summed E-state index contributed by atoms with van der Waals surface area (Å²) in [7, 11) is 0. The molecule has 168 valence electrons. The van der Waals surface area contributed by atoms with Gasteiger partial charge in [-0.25, -0.2) is 4.79 Å². The maximum absolute atomic E-state index is 13.9. The van der Waals surface area contributed by atoms with Crippen molar-refractivity contribution in [3.05, 3.63) is 63.8 Å². The van der Waals surface area contributed by atoms with Crippen LogP contribution in [0.25, 0.3) is 0 Å². The third kappa shape index (κ3) is 3.17. The van der Waals surface area contributed by atoms with Crippen molar-refractivity contribution in [3.63, 3.8) is 0 Å². The number of hydrogen-bond donors (Lipinski definition) is 1. The number of aryl methyl sites for hydroxylation is 1. The highest BCUT2D eigenvalue weighted by atomic mass is 16.2. The third-order valence-electron chi connectivity index (χ3n) is 7.94. The zero-order valence-electron chi connectivity index (χ0n) is 18.9. The average molecular weight is 435 g/mol. The number of fused-ring (bicyclic) bond motifs is 1. The lowest BCUT2D eigenvalue weighted by molar-refractivity contribution is -0.133. The van der Waals surface area contributed by atoms with E-state index in [4.69, 9.17) is 0 Å². The molecule has 2 bridgehead atoms. The predicted molar refractivity (Wildman–Crippen MR) is 120 cm³/mol. The number of carbonyl (C=O) groups excluding carboxylic acids is 2. The molecule has 1 aliphatic carbocycles. The van der Waals surface area contributed by atoms with Crippen LogP contribution >= 0.6 is 0 Å². The number of hydrogen-bond acceptors (Lipinski definition) is 4. The number of aromatic amines is 1. The van der Waals surface area contributed by atoms with Crippen LogP contribution < -0.4 is 5.69 Å². The summed E-state index contributed by atoms with van der Waals surface area (Å²) < 4.78 is 0. The fraction of sp³-hybridized carbons (Fsp3) is 0.520. The molecule has 1 aromatic heterocycles. The average Bonchev–Trinajstić information content (AvgIpc) is 3.06.